The molecule has 1 heterocycles. The lowest BCUT2D eigenvalue weighted by Crippen LogP contribution is -2.50. The number of piperazine rings is 1. The van der Waals surface area contributed by atoms with E-state index in [1.807, 2.05) is 4.90 Å². The molecule has 1 aliphatic heterocycles. The Hall–Kier alpha value is -2.09. The quantitative estimate of drug-likeness (QED) is 0.765. The Labute approximate surface area is 173 Å². The van der Waals surface area contributed by atoms with Crippen molar-refractivity contribution < 1.29 is 18.0 Å². The minimum Gasteiger partial charge on any atom is -0.339 e. The summed E-state index contributed by atoms with van der Waals surface area (Å²) in [5.74, 6) is 0.819. The minimum absolute atomic E-state index is 0.0924. The highest BCUT2D eigenvalue weighted by Gasteiger charge is 2.25. The van der Waals surface area contributed by atoms with Crippen LogP contribution < -0.4 is 4.72 Å². The lowest BCUT2D eigenvalue weighted by Gasteiger charge is -2.35. The number of sulfonamides is 1. The first-order valence-corrected chi connectivity index (χ1v) is 12.4. The molecule has 29 heavy (non-hydrogen) atoms. The van der Waals surface area contributed by atoms with E-state index in [1.165, 1.54) is 32.1 Å². The first-order chi connectivity index (χ1) is 13.8. The average Bonchev–Trinajstić information content (AvgIpc) is 2.72. The summed E-state index contributed by atoms with van der Waals surface area (Å²) < 4.78 is 24.9. The zero-order chi connectivity index (χ0) is 20.9. The summed E-state index contributed by atoms with van der Waals surface area (Å²) in [6, 6.07) is 6.41. The molecule has 160 valence electrons. The molecule has 7 nitrogen and oxygen atoms in total. The monoisotopic (exact) mass is 421 g/mol. The van der Waals surface area contributed by atoms with Gasteiger partial charge in [-0.3, -0.25) is 14.3 Å². The maximum absolute atomic E-state index is 12.7. The van der Waals surface area contributed by atoms with Gasteiger partial charge in [0.1, 0.15) is 0 Å². The molecule has 0 radical (unpaired) electrons. The highest BCUT2D eigenvalue weighted by molar-refractivity contribution is 7.92. The summed E-state index contributed by atoms with van der Waals surface area (Å²) >= 11 is 0. The molecular formula is C21H31N3O4S. The number of rotatable bonds is 6. The number of hydrogen-bond acceptors (Lipinski definition) is 4. The molecule has 2 aliphatic rings. The summed E-state index contributed by atoms with van der Waals surface area (Å²) in [4.78, 5) is 28.8. The molecule has 1 saturated carbocycles. The molecule has 3 rings (SSSR count). The van der Waals surface area contributed by atoms with Crippen LogP contribution in [0.2, 0.25) is 0 Å². The third-order valence-electron chi connectivity index (χ3n) is 5.85. The Bertz CT molecular complexity index is 809. The van der Waals surface area contributed by atoms with Crippen LogP contribution in [0.3, 0.4) is 0 Å². The van der Waals surface area contributed by atoms with Gasteiger partial charge in [0.15, 0.2) is 0 Å². The van der Waals surface area contributed by atoms with Gasteiger partial charge in [-0.1, -0.05) is 32.1 Å². The van der Waals surface area contributed by atoms with Crippen molar-refractivity contribution in [1.29, 1.82) is 0 Å². The van der Waals surface area contributed by atoms with E-state index in [2.05, 4.69) is 4.72 Å². The topological polar surface area (TPSA) is 86.8 Å². The van der Waals surface area contributed by atoms with Crippen LogP contribution in [0.15, 0.2) is 24.3 Å². The van der Waals surface area contributed by atoms with E-state index in [4.69, 9.17) is 0 Å². The van der Waals surface area contributed by atoms with Crippen molar-refractivity contribution in [2.45, 2.75) is 44.9 Å². The minimum atomic E-state index is -3.34. The van der Waals surface area contributed by atoms with Crippen molar-refractivity contribution in [2.75, 3.05) is 37.2 Å². The smallest absolute Gasteiger partial charge is 0.253 e. The van der Waals surface area contributed by atoms with Gasteiger partial charge in [-0.2, -0.15) is 0 Å². The highest BCUT2D eigenvalue weighted by atomic mass is 32.2. The summed E-state index contributed by atoms with van der Waals surface area (Å²) in [6.07, 6.45) is 9.14. The van der Waals surface area contributed by atoms with Gasteiger partial charge in [-0.25, -0.2) is 8.42 Å². The Balaban J connectivity index is 1.45. The van der Waals surface area contributed by atoms with Gasteiger partial charge in [-0.05, 0) is 36.6 Å². The van der Waals surface area contributed by atoms with Crippen LogP contribution in [-0.2, 0) is 14.8 Å². The molecule has 0 atom stereocenters. The fraction of sp³-hybridized carbons (Fsp3) is 0.619. The molecule has 8 heteroatoms. The van der Waals surface area contributed by atoms with Gasteiger partial charge < -0.3 is 9.80 Å². The van der Waals surface area contributed by atoms with E-state index in [1.54, 1.807) is 29.2 Å². The molecule has 2 amide bonds. The van der Waals surface area contributed by atoms with Gasteiger partial charge in [0.05, 0.1) is 6.26 Å². The normalized spacial score (nSPS) is 18.5. The van der Waals surface area contributed by atoms with E-state index >= 15 is 0 Å². The first-order valence-electron chi connectivity index (χ1n) is 10.5. The molecule has 1 aromatic rings. The summed E-state index contributed by atoms with van der Waals surface area (Å²) in [5.41, 5.74) is 0.943. The van der Waals surface area contributed by atoms with Crippen molar-refractivity contribution >= 4 is 27.5 Å². The van der Waals surface area contributed by atoms with Crippen LogP contribution in [0.5, 0.6) is 0 Å². The van der Waals surface area contributed by atoms with Crippen LogP contribution >= 0.6 is 0 Å². The van der Waals surface area contributed by atoms with Crippen LogP contribution in [0.25, 0.3) is 0 Å². The predicted octanol–water partition coefficient (Wildman–Crippen LogP) is 2.70. The third-order valence-corrected chi connectivity index (χ3v) is 6.45. The number of nitrogens with zero attached hydrogens (tertiary/aromatic N) is 2. The second-order valence-electron chi connectivity index (χ2n) is 8.17. The zero-order valence-corrected chi connectivity index (χ0v) is 17.9. The Morgan fingerprint density at radius 2 is 1.55 bits per heavy atom. The van der Waals surface area contributed by atoms with Gasteiger partial charge in [0.25, 0.3) is 5.91 Å². The van der Waals surface area contributed by atoms with E-state index in [-0.39, 0.29) is 11.8 Å². The van der Waals surface area contributed by atoms with Crippen LogP contribution in [0, 0.1) is 5.92 Å². The molecular weight excluding hydrogens is 390 g/mol. The fourth-order valence-corrected chi connectivity index (χ4v) is 4.76. The van der Waals surface area contributed by atoms with Gasteiger partial charge in [0.2, 0.25) is 15.9 Å². The SMILES string of the molecule is CS(=O)(=O)Nc1ccc(C(=O)N2CCN(C(=O)CCC3CCCCC3)CC2)cc1. The number of amides is 2. The molecule has 0 unspecified atom stereocenters. The van der Waals surface area contributed by atoms with Crippen LogP contribution in [-0.4, -0.2) is 62.5 Å². The molecule has 0 bridgehead atoms. The van der Waals surface area contributed by atoms with E-state index in [0.717, 1.165) is 12.7 Å². The van der Waals surface area contributed by atoms with Gasteiger partial charge in [-0.15, -0.1) is 0 Å². The van der Waals surface area contributed by atoms with Gasteiger partial charge >= 0.3 is 0 Å². The first kappa shape index (κ1) is 21.6. The van der Waals surface area contributed by atoms with Gasteiger partial charge in [0, 0.05) is 43.9 Å². The molecule has 1 aromatic carbocycles. The molecule has 0 spiro atoms. The number of carbonyl (C=O) groups is 2. The lowest BCUT2D eigenvalue weighted by atomic mass is 9.86. The molecule has 1 aliphatic carbocycles. The standard InChI is InChI=1S/C21H31N3O4S/c1-29(27,28)22-19-10-8-18(9-11-19)21(26)24-15-13-23(14-16-24)20(25)12-7-17-5-3-2-4-6-17/h8-11,17,22H,2-7,12-16H2,1H3. The van der Waals surface area contributed by atoms with Crippen molar-refractivity contribution in [3.63, 3.8) is 0 Å². The largest absolute Gasteiger partial charge is 0.339 e. The number of hydrogen-bond donors (Lipinski definition) is 1. The van der Waals surface area contributed by atoms with E-state index < -0.39 is 10.0 Å². The Morgan fingerprint density at radius 3 is 2.14 bits per heavy atom. The Morgan fingerprint density at radius 1 is 0.966 bits per heavy atom. The number of nitrogens with one attached hydrogen (secondary N) is 1. The van der Waals surface area contributed by atoms with E-state index in [9.17, 15) is 18.0 Å². The lowest BCUT2D eigenvalue weighted by molar-refractivity contribution is -0.133. The Kier molecular flexibility index (Phi) is 7.16. The highest BCUT2D eigenvalue weighted by Crippen LogP contribution is 2.27. The maximum atomic E-state index is 12.7. The molecule has 1 N–H and O–H groups in total. The molecule has 1 saturated heterocycles. The second kappa shape index (κ2) is 9.61. The van der Waals surface area contributed by atoms with Crippen molar-refractivity contribution in [2.24, 2.45) is 5.92 Å². The second-order valence-corrected chi connectivity index (χ2v) is 9.92. The maximum Gasteiger partial charge on any atom is 0.253 e. The van der Waals surface area contributed by atoms with Crippen LogP contribution in [0.1, 0.15) is 55.3 Å². The zero-order valence-electron chi connectivity index (χ0n) is 17.1. The third kappa shape index (κ3) is 6.45. The number of carbonyl (C=O) groups excluding carboxylic acids is 2. The van der Waals surface area contributed by atoms with Crippen LogP contribution in [0.4, 0.5) is 5.69 Å². The van der Waals surface area contributed by atoms with Crippen molar-refractivity contribution in [1.82, 2.24) is 9.80 Å². The average molecular weight is 422 g/mol. The molecule has 2 fully saturated rings. The van der Waals surface area contributed by atoms with E-state index in [0.29, 0.717) is 49.8 Å². The van der Waals surface area contributed by atoms with Crippen molar-refractivity contribution in [3.8, 4) is 0 Å². The summed E-state index contributed by atoms with van der Waals surface area (Å²) in [6.45, 7) is 2.20. The van der Waals surface area contributed by atoms with Crippen molar-refractivity contribution in [3.05, 3.63) is 29.8 Å². The predicted molar refractivity (Wildman–Crippen MR) is 113 cm³/mol. The summed E-state index contributed by atoms with van der Waals surface area (Å²) in [7, 11) is -3.34. The number of anilines is 1. The fourth-order valence-electron chi connectivity index (χ4n) is 4.20. The molecule has 0 aromatic heterocycles. The number of benzene rings is 1. The summed E-state index contributed by atoms with van der Waals surface area (Å²) in [5, 5.41) is 0.